The Kier molecular flexibility index (Phi) is 4.47. The van der Waals surface area contributed by atoms with Gasteiger partial charge in [-0.3, -0.25) is 4.40 Å². The molecule has 148 valence electrons. The van der Waals surface area contributed by atoms with E-state index in [4.69, 9.17) is 4.74 Å². The van der Waals surface area contributed by atoms with Gasteiger partial charge in [0.25, 0.3) is 0 Å². The Morgan fingerprint density at radius 3 is 2.61 bits per heavy atom. The van der Waals surface area contributed by atoms with Gasteiger partial charge in [-0.2, -0.15) is 17.6 Å². The largest absolute Gasteiger partial charge is 0.483 e. The smallest absolute Gasteiger partial charge is 0.420 e. The van der Waals surface area contributed by atoms with E-state index >= 15 is 0 Å². The molecular weight excluding hydrogens is 381 g/mol. The highest BCUT2D eigenvalue weighted by Gasteiger charge is 2.39. The molecule has 1 atom stereocenters. The monoisotopic (exact) mass is 397 g/mol. The number of alkyl halides is 3. The van der Waals surface area contributed by atoms with E-state index in [1.165, 1.54) is 29.7 Å². The van der Waals surface area contributed by atoms with Crippen LogP contribution in [0.15, 0.2) is 30.5 Å². The van der Waals surface area contributed by atoms with Crippen LogP contribution >= 0.6 is 0 Å². The molecule has 0 N–H and O–H groups in total. The summed E-state index contributed by atoms with van der Waals surface area (Å²) < 4.78 is 75.4. The van der Waals surface area contributed by atoms with Crippen LogP contribution in [0.1, 0.15) is 42.8 Å². The van der Waals surface area contributed by atoms with Crippen molar-refractivity contribution in [2.45, 2.75) is 38.5 Å². The first-order valence-corrected chi connectivity index (χ1v) is 8.80. The van der Waals surface area contributed by atoms with Gasteiger partial charge in [0.05, 0.1) is 0 Å². The highest BCUT2D eigenvalue weighted by atomic mass is 19.4. The summed E-state index contributed by atoms with van der Waals surface area (Å²) in [6.45, 7) is 1.34. The van der Waals surface area contributed by atoms with Gasteiger partial charge in [0.1, 0.15) is 17.5 Å². The van der Waals surface area contributed by atoms with Crippen LogP contribution in [0.3, 0.4) is 0 Å². The van der Waals surface area contributed by atoms with E-state index in [0.717, 1.165) is 25.0 Å². The van der Waals surface area contributed by atoms with Crippen LogP contribution in [-0.2, 0) is 12.6 Å². The number of hydrogen-bond donors (Lipinski definition) is 0. The van der Waals surface area contributed by atoms with Crippen LogP contribution in [0.4, 0.5) is 22.0 Å². The van der Waals surface area contributed by atoms with Crippen LogP contribution in [-0.4, -0.2) is 14.6 Å². The van der Waals surface area contributed by atoms with Crippen molar-refractivity contribution in [3.63, 3.8) is 0 Å². The molecule has 0 bridgehead atoms. The van der Waals surface area contributed by atoms with Crippen molar-refractivity contribution < 1.29 is 26.7 Å². The molecule has 0 amide bonds. The zero-order valence-electron chi connectivity index (χ0n) is 14.8. The number of hydrogen-bond acceptors (Lipinski definition) is 3. The lowest BCUT2D eigenvalue weighted by Crippen LogP contribution is -2.17. The summed E-state index contributed by atoms with van der Waals surface area (Å²) in [7, 11) is 0. The van der Waals surface area contributed by atoms with E-state index in [2.05, 4.69) is 10.2 Å². The summed E-state index contributed by atoms with van der Waals surface area (Å²) in [4.78, 5) is 0. The Morgan fingerprint density at radius 2 is 1.93 bits per heavy atom. The molecule has 1 saturated carbocycles. The van der Waals surface area contributed by atoms with Crippen molar-refractivity contribution >= 4 is 5.65 Å². The molecule has 1 aliphatic carbocycles. The summed E-state index contributed by atoms with van der Waals surface area (Å²) in [5.41, 5.74) is -1.54. The lowest BCUT2D eigenvalue weighted by Gasteiger charge is -2.20. The minimum Gasteiger partial charge on any atom is -0.483 e. The summed E-state index contributed by atoms with van der Waals surface area (Å²) in [5.74, 6) is -1.95. The first-order chi connectivity index (χ1) is 13.3. The van der Waals surface area contributed by atoms with Crippen molar-refractivity contribution in [1.82, 2.24) is 14.6 Å². The van der Waals surface area contributed by atoms with Gasteiger partial charge in [0.15, 0.2) is 17.2 Å². The third-order valence-corrected chi connectivity index (χ3v) is 4.79. The maximum atomic E-state index is 13.8. The highest BCUT2D eigenvalue weighted by molar-refractivity contribution is 5.54. The number of ether oxygens (including phenoxy) is 1. The molecular formula is C19H16F5N3O. The first kappa shape index (κ1) is 18.6. The van der Waals surface area contributed by atoms with E-state index in [1.54, 1.807) is 0 Å². The molecule has 0 radical (unpaired) electrons. The molecule has 4 rings (SSSR count). The number of nitrogens with zero attached hydrogens (tertiary/aromatic N) is 3. The Balaban J connectivity index is 1.76. The minimum atomic E-state index is -4.72. The SMILES string of the molecule is CC(Oc1cccc(F)c1F)c1ccn2c(CC3CC3)nnc2c1C(F)(F)F. The predicted molar refractivity (Wildman–Crippen MR) is 89.8 cm³/mol. The fourth-order valence-corrected chi connectivity index (χ4v) is 3.20. The molecule has 2 heterocycles. The number of aromatic nitrogens is 3. The summed E-state index contributed by atoms with van der Waals surface area (Å²) in [6.07, 6.45) is -1.83. The van der Waals surface area contributed by atoms with E-state index in [0.29, 0.717) is 18.2 Å². The van der Waals surface area contributed by atoms with E-state index in [1.807, 2.05) is 0 Å². The molecule has 1 unspecified atom stereocenters. The second kappa shape index (κ2) is 6.72. The number of halogens is 5. The molecule has 28 heavy (non-hydrogen) atoms. The maximum absolute atomic E-state index is 13.8. The van der Waals surface area contributed by atoms with Crippen LogP contribution in [0.5, 0.6) is 5.75 Å². The molecule has 1 fully saturated rings. The van der Waals surface area contributed by atoms with Crippen LogP contribution < -0.4 is 4.74 Å². The van der Waals surface area contributed by atoms with Crippen LogP contribution in [0, 0.1) is 17.6 Å². The average molecular weight is 397 g/mol. The lowest BCUT2D eigenvalue weighted by atomic mass is 10.0. The average Bonchev–Trinajstić information content (AvgIpc) is 3.36. The van der Waals surface area contributed by atoms with Crippen molar-refractivity contribution in [2.24, 2.45) is 5.92 Å². The lowest BCUT2D eigenvalue weighted by molar-refractivity contribution is -0.138. The normalized spacial score (nSPS) is 15.8. The van der Waals surface area contributed by atoms with Gasteiger partial charge in [0.2, 0.25) is 5.82 Å². The number of fused-ring (bicyclic) bond motifs is 1. The molecule has 0 saturated heterocycles. The third-order valence-electron chi connectivity index (χ3n) is 4.79. The van der Waals surface area contributed by atoms with E-state index in [9.17, 15) is 22.0 Å². The van der Waals surface area contributed by atoms with E-state index < -0.39 is 35.2 Å². The molecule has 9 heteroatoms. The molecule has 2 aromatic heterocycles. The highest BCUT2D eigenvalue weighted by Crippen LogP contribution is 2.39. The van der Waals surface area contributed by atoms with Crippen molar-refractivity contribution in [2.75, 3.05) is 0 Å². The maximum Gasteiger partial charge on any atom is 0.420 e. The van der Waals surface area contributed by atoms with Gasteiger partial charge >= 0.3 is 6.18 Å². The first-order valence-electron chi connectivity index (χ1n) is 8.80. The van der Waals surface area contributed by atoms with E-state index in [-0.39, 0.29) is 11.2 Å². The fraction of sp³-hybridized carbons (Fsp3) is 0.368. The third kappa shape index (κ3) is 3.41. The minimum absolute atomic E-state index is 0.228. The molecule has 0 aliphatic heterocycles. The number of rotatable bonds is 5. The predicted octanol–water partition coefficient (Wildman–Crippen LogP) is 5.12. The zero-order valence-corrected chi connectivity index (χ0v) is 14.8. The molecule has 1 aromatic carbocycles. The van der Waals surface area contributed by atoms with Gasteiger partial charge < -0.3 is 4.74 Å². The Labute approximate surface area is 157 Å². The Bertz CT molecular complexity index is 1030. The van der Waals surface area contributed by atoms with Crippen molar-refractivity contribution in [3.05, 3.63) is 59.0 Å². The second-order valence-corrected chi connectivity index (χ2v) is 6.91. The topological polar surface area (TPSA) is 39.4 Å². The molecule has 0 spiro atoms. The van der Waals surface area contributed by atoms with Gasteiger partial charge in [-0.25, -0.2) is 4.39 Å². The second-order valence-electron chi connectivity index (χ2n) is 6.91. The summed E-state index contributed by atoms with van der Waals surface area (Å²) in [5, 5.41) is 7.67. The number of pyridine rings is 1. The quantitative estimate of drug-likeness (QED) is 0.561. The molecule has 4 nitrogen and oxygen atoms in total. The molecule has 3 aromatic rings. The summed E-state index contributed by atoms with van der Waals surface area (Å²) >= 11 is 0. The van der Waals surface area contributed by atoms with Crippen LogP contribution in [0.2, 0.25) is 0 Å². The van der Waals surface area contributed by atoms with Crippen LogP contribution in [0.25, 0.3) is 5.65 Å². The van der Waals surface area contributed by atoms with Crippen molar-refractivity contribution in [1.29, 1.82) is 0 Å². The fourth-order valence-electron chi connectivity index (χ4n) is 3.20. The zero-order chi connectivity index (χ0) is 20.1. The van der Waals surface area contributed by atoms with Gasteiger partial charge in [0, 0.05) is 18.2 Å². The van der Waals surface area contributed by atoms with Gasteiger partial charge in [-0.1, -0.05) is 6.07 Å². The standard InChI is InChI=1S/C19H16F5N3O/c1-10(28-14-4-2-3-13(20)17(14)21)12-7-8-27-15(9-11-5-6-11)25-26-18(27)16(12)19(22,23)24/h2-4,7-8,10-11H,5-6,9H2,1H3. The summed E-state index contributed by atoms with van der Waals surface area (Å²) in [6, 6.07) is 4.54. The van der Waals surface area contributed by atoms with Gasteiger partial charge in [-0.15, -0.1) is 10.2 Å². The van der Waals surface area contributed by atoms with Gasteiger partial charge in [-0.05, 0) is 43.9 Å². The number of benzene rings is 1. The Hall–Kier alpha value is -2.71. The van der Waals surface area contributed by atoms with Crippen molar-refractivity contribution in [3.8, 4) is 5.75 Å². The molecule has 1 aliphatic rings. The Morgan fingerprint density at radius 1 is 1.18 bits per heavy atom.